The molecule has 0 aliphatic carbocycles. The molecule has 0 amide bonds. The third kappa shape index (κ3) is 3.71. The number of hydrogen-bond acceptors (Lipinski definition) is 6. The number of ether oxygens (including phenoxy) is 2. The molecule has 0 fully saturated rings. The van der Waals surface area contributed by atoms with Gasteiger partial charge in [0.1, 0.15) is 5.70 Å². The minimum Gasteiger partial charge on any atom is -0.505 e. The summed E-state index contributed by atoms with van der Waals surface area (Å²) in [5, 5.41) is 11.9. The van der Waals surface area contributed by atoms with Gasteiger partial charge in [0, 0.05) is 11.8 Å². The normalized spacial score (nSPS) is 10.9. The molecular formula is C13H14FNO5. The molecule has 7 heteroatoms. The Labute approximate surface area is 114 Å². The zero-order valence-electron chi connectivity index (χ0n) is 11.2. The number of benzene rings is 1. The monoisotopic (exact) mass is 283 g/mol. The molecule has 0 aromatic heterocycles. The predicted octanol–water partition coefficient (Wildman–Crippen LogP) is 1.48. The number of halogens is 1. The Morgan fingerprint density at radius 1 is 1.30 bits per heavy atom. The Kier molecular flexibility index (Phi) is 5.08. The van der Waals surface area contributed by atoms with Crippen molar-refractivity contribution in [1.29, 1.82) is 0 Å². The van der Waals surface area contributed by atoms with Crippen LogP contribution < -0.4 is 5.32 Å². The summed E-state index contributed by atoms with van der Waals surface area (Å²) in [6, 6.07) is 2.18. The number of nitrogens with one attached hydrogen (secondary N) is 1. The van der Waals surface area contributed by atoms with Gasteiger partial charge in [-0.05, 0) is 18.6 Å². The molecule has 1 rings (SSSR count). The first kappa shape index (κ1) is 15.5. The molecule has 0 aliphatic rings. The fraction of sp³-hybridized carbons (Fsp3) is 0.231. The second-order valence-electron chi connectivity index (χ2n) is 3.82. The Balaban J connectivity index is 3.14. The number of phenols is 1. The Morgan fingerprint density at radius 3 is 2.50 bits per heavy atom. The maximum atomic E-state index is 13.1. The second-order valence-corrected chi connectivity index (χ2v) is 3.82. The van der Waals surface area contributed by atoms with E-state index in [0.29, 0.717) is 5.56 Å². The molecule has 0 spiro atoms. The highest BCUT2D eigenvalue weighted by molar-refractivity contribution is 5.98. The van der Waals surface area contributed by atoms with Crippen LogP contribution in [0, 0.1) is 12.7 Å². The van der Waals surface area contributed by atoms with Gasteiger partial charge in [0.15, 0.2) is 11.6 Å². The van der Waals surface area contributed by atoms with E-state index >= 15 is 0 Å². The van der Waals surface area contributed by atoms with E-state index in [0.717, 1.165) is 32.4 Å². The van der Waals surface area contributed by atoms with Crippen LogP contribution >= 0.6 is 0 Å². The van der Waals surface area contributed by atoms with Crippen molar-refractivity contribution in [2.45, 2.75) is 6.92 Å². The molecule has 0 heterocycles. The summed E-state index contributed by atoms with van der Waals surface area (Å²) in [6.45, 7) is 1.57. The number of carbonyl (C=O) groups is 2. The summed E-state index contributed by atoms with van der Waals surface area (Å²) in [5.74, 6) is -2.94. The molecule has 1 aromatic carbocycles. The van der Waals surface area contributed by atoms with Crippen LogP contribution in [0.2, 0.25) is 0 Å². The highest BCUT2D eigenvalue weighted by atomic mass is 19.1. The van der Waals surface area contributed by atoms with Gasteiger partial charge in [0.05, 0.1) is 20.3 Å². The SMILES string of the molecule is COC(=O)/C=C(/Nc1cc(O)c(F)cc1C)C(=O)OC. The number of hydrogen-bond donors (Lipinski definition) is 2. The van der Waals surface area contributed by atoms with Gasteiger partial charge >= 0.3 is 11.9 Å². The summed E-state index contributed by atoms with van der Waals surface area (Å²) >= 11 is 0. The number of carbonyl (C=O) groups excluding carboxylic acids is 2. The average molecular weight is 283 g/mol. The second kappa shape index (κ2) is 6.55. The maximum absolute atomic E-state index is 13.1. The maximum Gasteiger partial charge on any atom is 0.354 e. The average Bonchev–Trinajstić information content (AvgIpc) is 2.42. The standard InChI is InChI=1S/C13H14FNO5/c1-7-4-8(14)11(16)5-9(7)15-10(13(18)20-3)6-12(17)19-2/h4-6,15-16H,1-3H3/b10-6+. The largest absolute Gasteiger partial charge is 0.505 e. The van der Waals surface area contributed by atoms with E-state index in [9.17, 15) is 19.1 Å². The van der Waals surface area contributed by atoms with Gasteiger partial charge < -0.3 is 19.9 Å². The lowest BCUT2D eigenvalue weighted by Gasteiger charge is -2.12. The molecule has 0 saturated heterocycles. The first-order chi connectivity index (χ1) is 9.38. The van der Waals surface area contributed by atoms with Crippen molar-refractivity contribution >= 4 is 17.6 Å². The summed E-state index contributed by atoms with van der Waals surface area (Å²) in [7, 11) is 2.30. The van der Waals surface area contributed by atoms with E-state index in [1.54, 1.807) is 6.92 Å². The number of methoxy groups -OCH3 is 2. The number of esters is 2. The number of anilines is 1. The van der Waals surface area contributed by atoms with E-state index in [1.807, 2.05) is 0 Å². The highest BCUT2D eigenvalue weighted by Crippen LogP contribution is 2.25. The van der Waals surface area contributed by atoms with Crippen LogP contribution in [0.4, 0.5) is 10.1 Å². The molecule has 2 N–H and O–H groups in total. The van der Waals surface area contributed by atoms with Gasteiger partial charge in [0.2, 0.25) is 0 Å². The van der Waals surface area contributed by atoms with E-state index in [2.05, 4.69) is 14.8 Å². The van der Waals surface area contributed by atoms with Crippen molar-refractivity contribution in [1.82, 2.24) is 0 Å². The lowest BCUT2D eigenvalue weighted by molar-refractivity contribution is -0.138. The van der Waals surface area contributed by atoms with Crippen molar-refractivity contribution < 1.29 is 28.6 Å². The third-order valence-corrected chi connectivity index (χ3v) is 2.43. The molecule has 0 atom stereocenters. The Hall–Kier alpha value is -2.57. The molecule has 0 bridgehead atoms. The van der Waals surface area contributed by atoms with Crippen molar-refractivity contribution in [3.05, 3.63) is 35.3 Å². The molecule has 0 saturated carbocycles. The number of aryl methyl sites for hydroxylation is 1. The molecule has 0 radical (unpaired) electrons. The first-order valence-corrected chi connectivity index (χ1v) is 5.53. The highest BCUT2D eigenvalue weighted by Gasteiger charge is 2.15. The fourth-order valence-electron chi connectivity index (χ4n) is 1.37. The van der Waals surface area contributed by atoms with E-state index in [-0.39, 0.29) is 11.4 Å². The predicted molar refractivity (Wildman–Crippen MR) is 68.5 cm³/mol. The number of phenolic OH excluding ortho intramolecular Hbond substituents is 1. The van der Waals surface area contributed by atoms with Crippen molar-refractivity contribution in [2.75, 3.05) is 19.5 Å². The van der Waals surface area contributed by atoms with Crippen molar-refractivity contribution in [3.63, 3.8) is 0 Å². The zero-order chi connectivity index (χ0) is 15.3. The number of aromatic hydroxyl groups is 1. The molecule has 6 nitrogen and oxygen atoms in total. The lowest BCUT2D eigenvalue weighted by atomic mass is 10.1. The Morgan fingerprint density at radius 2 is 1.95 bits per heavy atom. The molecular weight excluding hydrogens is 269 g/mol. The molecule has 0 unspecified atom stereocenters. The molecule has 0 aliphatic heterocycles. The van der Waals surface area contributed by atoms with Gasteiger partial charge in [-0.25, -0.2) is 14.0 Å². The van der Waals surface area contributed by atoms with Crippen LogP contribution in [0.25, 0.3) is 0 Å². The van der Waals surface area contributed by atoms with E-state index < -0.39 is 23.5 Å². The van der Waals surface area contributed by atoms with Gasteiger partial charge in [-0.3, -0.25) is 0 Å². The van der Waals surface area contributed by atoms with Crippen molar-refractivity contribution in [3.8, 4) is 5.75 Å². The summed E-state index contributed by atoms with van der Waals surface area (Å²) in [5.41, 5.74) is 0.484. The van der Waals surface area contributed by atoms with Gasteiger partial charge in [-0.15, -0.1) is 0 Å². The molecule has 108 valence electrons. The van der Waals surface area contributed by atoms with Crippen LogP contribution in [0.5, 0.6) is 5.75 Å². The fourth-order valence-corrected chi connectivity index (χ4v) is 1.37. The zero-order valence-corrected chi connectivity index (χ0v) is 11.2. The summed E-state index contributed by atoms with van der Waals surface area (Å²) < 4.78 is 22.1. The molecule has 1 aromatic rings. The minimum absolute atomic E-state index is 0.201. The van der Waals surface area contributed by atoms with Crippen LogP contribution in [0.3, 0.4) is 0 Å². The van der Waals surface area contributed by atoms with Crippen LogP contribution in [-0.2, 0) is 19.1 Å². The van der Waals surface area contributed by atoms with E-state index in [4.69, 9.17) is 0 Å². The van der Waals surface area contributed by atoms with Gasteiger partial charge in [0.25, 0.3) is 0 Å². The van der Waals surface area contributed by atoms with Crippen LogP contribution in [-0.4, -0.2) is 31.3 Å². The topological polar surface area (TPSA) is 84.9 Å². The third-order valence-electron chi connectivity index (χ3n) is 2.43. The molecule has 20 heavy (non-hydrogen) atoms. The Bertz CT molecular complexity index is 568. The number of rotatable bonds is 4. The smallest absolute Gasteiger partial charge is 0.354 e. The van der Waals surface area contributed by atoms with Crippen LogP contribution in [0.15, 0.2) is 23.9 Å². The van der Waals surface area contributed by atoms with Gasteiger partial charge in [-0.1, -0.05) is 0 Å². The minimum atomic E-state index is -0.807. The van der Waals surface area contributed by atoms with Crippen molar-refractivity contribution in [2.24, 2.45) is 0 Å². The first-order valence-electron chi connectivity index (χ1n) is 5.53. The van der Waals surface area contributed by atoms with E-state index in [1.165, 1.54) is 0 Å². The summed E-state index contributed by atoms with van der Waals surface area (Å²) in [4.78, 5) is 22.7. The van der Waals surface area contributed by atoms with Crippen LogP contribution in [0.1, 0.15) is 5.56 Å². The quantitative estimate of drug-likeness (QED) is 0.643. The summed E-state index contributed by atoms with van der Waals surface area (Å²) in [6.07, 6.45) is 0.895. The van der Waals surface area contributed by atoms with Gasteiger partial charge in [-0.2, -0.15) is 0 Å². The lowest BCUT2D eigenvalue weighted by Crippen LogP contribution is -2.16.